The fourth-order valence-electron chi connectivity index (χ4n) is 2.09. The van der Waals surface area contributed by atoms with Crippen molar-refractivity contribution in [3.63, 3.8) is 0 Å². The molecule has 0 aliphatic carbocycles. The van der Waals surface area contributed by atoms with Gasteiger partial charge in [0, 0.05) is 21.1 Å². The molecule has 0 saturated carbocycles. The van der Waals surface area contributed by atoms with E-state index < -0.39 is 0 Å². The van der Waals surface area contributed by atoms with Crippen molar-refractivity contribution < 1.29 is 9.53 Å². The molecule has 0 unspecified atom stereocenters. The van der Waals surface area contributed by atoms with E-state index >= 15 is 0 Å². The van der Waals surface area contributed by atoms with Crippen molar-refractivity contribution in [2.24, 2.45) is 0 Å². The van der Waals surface area contributed by atoms with Gasteiger partial charge in [-0.15, -0.1) is 0 Å². The molecular weight excluding hydrogens is 380 g/mol. The second-order valence-corrected chi connectivity index (χ2v) is 6.16. The fourth-order valence-corrected chi connectivity index (χ4v) is 2.58. The predicted molar refractivity (Wildman–Crippen MR) is 95.0 cm³/mol. The van der Waals surface area contributed by atoms with Crippen LogP contribution in [-0.4, -0.2) is 17.5 Å². The van der Waals surface area contributed by atoms with E-state index in [0.29, 0.717) is 16.5 Å². The number of carbonyl (C=O) groups is 1. The number of hydrogen-bond donors (Lipinski definition) is 1. The third-order valence-electron chi connectivity index (χ3n) is 3.16. The van der Waals surface area contributed by atoms with Gasteiger partial charge in [0.2, 0.25) is 0 Å². The van der Waals surface area contributed by atoms with E-state index in [0.717, 1.165) is 15.4 Å². The molecule has 3 aromatic rings. The Labute approximate surface area is 146 Å². The second-order valence-electron chi connectivity index (χ2n) is 4.81. The quantitative estimate of drug-likeness (QED) is 0.703. The number of fused-ring (bicyclic) bond motifs is 1. The van der Waals surface area contributed by atoms with Gasteiger partial charge in [0.15, 0.2) is 6.61 Å². The Hall–Kier alpha value is -2.11. The Balaban J connectivity index is 1.70. The molecule has 3 rings (SSSR count). The van der Waals surface area contributed by atoms with Crippen molar-refractivity contribution >= 4 is 50.0 Å². The molecule has 6 heteroatoms. The lowest BCUT2D eigenvalue weighted by atomic mass is 10.2. The highest BCUT2D eigenvalue weighted by Gasteiger charge is 2.08. The molecule has 1 aromatic heterocycles. The maximum Gasteiger partial charge on any atom is 0.262 e. The highest BCUT2D eigenvalue weighted by atomic mass is 79.9. The summed E-state index contributed by atoms with van der Waals surface area (Å²) in [6.07, 6.45) is 1.66. The van der Waals surface area contributed by atoms with Crippen molar-refractivity contribution in [2.45, 2.75) is 0 Å². The number of nitrogens with one attached hydrogen (secondary N) is 1. The number of anilines is 1. The Morgan fingerprint density at radius 3 is 2.74 bits per heavy atom. The number of carbonyl (C=O) groups excluding carboxylic acids is 1. The summed E-state index contributed by atoms with van der Waals surface area (Å²) in [7, 11) is 0. The summed E-state index contributed by atoms with van der Waals surface area (Å²) in [5, 5.41) is 4.33. The molecule has 2 aromatic carbocycles. The highest BCUT2D eigenvalue weighted by Crippen LogP contribution is 2.25. The van der Waals surface area contributed by atoms with Gasteiger partial charge >= 0.3 is 0 Å². The van der Waals surface area contributed by atoms with E-state index in [9.17, 15) is 4.79 Å². The minimum Gasteiger partial charge on any atom is -0.484 e. The monoisotopic (exact) mass is 390 g/mol. The van der Waals surface area contributed by atoms with Gasteiger partial charge < -0.3 is 10.1 Å². The van der Waals surface area contributed by atoms with E-state index in [-0.39, 0.29) is 12.5 Å². The van der Waals surface area contributed by atoms with Gasteiger partial charge in [0.25, 0.3) is 5.91 Å². The summed E-state index contributed by atoms with van der Waals surface area (Å²) in [6, 6.07) is 14.3. The number of pyridine rings is 1. The lowest BCUT2D eigenvalue weighted by molar-refractivity contribution is -0.118. The van der Waals surface area contributed by atoms with E-state index in [1.54, 1.807) is 36.5 Å². The van der Waals surface area contributed by atoms with Crippen LogP contribution >= 0.6 is 27.5 Å². The maximum atomic E-state index is 12.1. The predicted octanol–water partition coefficient (Wildman–Crippen LogP) is 4.67. The van der Waals surface area contributed by atoms with E-state index in [2.05, 4.69) is 26.2 Å². The third kappa shape index (κ3) is 4.00. The van der Waals surface area contributed by atoms with Crippen LogP contribution in [0.1, 0.15) is 0 Å². The van der Waals surface area contributed by atoms with Crippen LogP contribution in [0.15, 0.2) is 59.2 Å². The first-order valence-electron chi connectivity index (χ1n) is 6.84. The lowest BCUT2D eigenvalue weighted by Crippen LogP contribution is -2.20. The number of halogens is 2. The standard InChI is InChI=1S/C17H12BrClN2O2/c18-11-1-6-15-14(9-11)16(7-8-20-15)21-17(22)10-23-13-4-2-12(19)3-5-13/h1-9H,10H2,(H,20,21,22). The zero-order valence-electron chi connectivity index (χ0n) is 11.9. The summed E-state index contributed by atoms with van der Waals surface area (Å²) in [5.74, 6) is 0.347. The molecular formula is C17H12BrClN2O2. The maximum absolute atomic E-state index is 12.1. The number of benzene rings is 2. The first kappa shape index (κ1) is 15.8. The number of aromatic nitrogens is 1. The van der Waals surface area contributed by atoms with Crippen LogP contribution in [0, 0.1) is 0 Å². The molecule has 0 aliphatic rings. The Morgan fingerprint density at radius 2 is 1.96 bits per heavy atom. The molecule has 0 radical (unpaired) electrons. The third-order valence-corrected chi connectivity index (χ3v) is 3.91. The Morgan fingerprint density at radius 1 is 1.17 bits per heavy atom. The molecule has 0 aliphatic heterocycles. The van der Waals surface area contributed by atoms with Crippen molar-refractivity contribution in [3.05, 3.63) is 64.2 Å². The average Bonchev–Trinajstić information content (AvgIpc) is 2.55. The van der Waals surface area contributed by atoms with Gasteiger partial charge in [0.1, 0.15) is 5.75 Å². The molecule has 0 fully saturated rings. The van der Waals surface area contributed by atoms with Gasteiger partial charge in [0.05, 0.1) is 11.2 Å². The molecule has 1 heterocycles. The topological polar surface area (TPSA) is 51.2 Å². The molecule has 116 valence electrons. The van der Waals surface area contributed by atoms with Gasteiger partial charge in [-0.05, 0) is 48.5 Å². The average molecular weight is 392 g/mol. The molecule has 0 saturated heterocycles. The first-order chi connectivity index (χ1) is 11.1. The van der Waals surface area contributed by atoms with Crippen LogP contribution in [0.25, 0.3) is 10.9 Å². The van der Waals surface area contributed by atoms with Crippen LogP contribution in [0.3, 0.4) is 0 Å². The largest absolute Gasteiger partial charge is 0.484 e. The smallest absolute Gasteiger partial charge is 0.262 e. The zero-order chi connectivity index (χ0) is 16.2. The number of amides is 1. The summed E-state index contributed by atoms with van der Waals surface area (Å²) >= 11 is 9.23. The van der Waals surface area contributed by atoms with E-state index in [1.807, 2.05) is 18.2 Å². The van der Waals surface area contributed by atoms with Crippen molar-refractivity contribution in [1.82, 2.24) is 4.98 Å². The van der Waals surface area contributed by atoms with Gasteiger partial charge in [-0.1, -0.05) is 27.5 Å². The minimum atomic E-state index is -0.243. The molecule has 1 amide bonds. The van der Waals surface area contributed by atoms with Crippen molar-refractivity contribution in [1.29, 1.82) is 0 Å². The highest BCUT2D eigenvalue weighted by molar-refractivity contribution is 9.10. The summed E-state index contributed by atoms with van der Waals surface area (Å²) < 4.78 is 6.36. The molecule has 0 atom stereocenters. The molecule has 1 N–H and O–H groups in total. The Bertz CT molecular complexity index is 853. The number of ether oxygens (including phenoxy) is 1. The summed E-state index contributed by atoms with van der Waals surface area (Å²) in [6.45, 7) is -0.0839. The fraction of sp³-hybridized carbons (Fsp3) is 0.0588. The summed E-state index contributed by atoms with van der Waals surface area (Å²) in [4.78, 5) is 16.4. The SMILES string of the molecule is O=C(COc1ccc(Cl)cc1)Nc1ccnc2ccc(Br)cc12. The second kappa shape index (κ2) is 6.98. The molecule has 4 nitrogen and oxygen atoms in total. The normalized spacial score (nSPS) is 10.5. The zero-order valence-corrected chi connectivity index (χ0v) is 14.3. The van der Waals surface area contributed by atoms with Crippen LogP contribution in [0.2, 0.25) is 5.02 Å². The summed E-state index contributed by atoms with van der Waals surface area (Å²) in [5.41, 5.74) is 1.51. The lowest BCUT2D eigenvalue weighted by Gasteiger charge is -2.10. The number of rotatable bonds is 4. The first-order valence-corrected chi connectivity index (χ1v) is 8.01. The van der Waals surface area contributed by atoms with Crippen molar-refractivity contribution in [2.75, 3.05) is 11.9 Å². The number of hydrogen-bond acceptors (Lipinski definition) is 3. The van der Waals surface area contributed by atoms with E-state index in [4.69, 9.17) is 16.3 Å². The molecule has 23 heavy (non-hydrogen) atoms. The number of nitrogens with zero attached hydrogens (tertiary/aromatic N) is 1. The van der Waals surface area contributed by atoms with Crippen molar-refractivity contribution in [3.8, 4) is 5.75 Å². The molecule has 0 spiro atoms. The Kier molecular flexibility index (Phi) is 4.79. The van der Waals surface area contributed by atoms with Gasteiger partial charge in [-0.25, -0.2) is 0 Å². The van der Waals surface area contributed by atoms with Gasteiger partial charge in [-0.2, -0.15) is 0 Å². The van der Waals surface area contributed by atoms with Crippen LogP contribution in [0.4, 0.5) is 5.69 Å². The van der Waals surface area contributed by atoms with Crippen LogP contribution < -0.4 is 10.1 Å². The van der Waals surface area contributed by atoms with Gasteiger partial charge in [-0.3, -0.25) is 9.78 Å². The van der Waals surface area contributed by atoms with E-state index in [1.165, 1.54) is 0 Å². The molecule has 0 bridgehead atoms. The van der Waals surface area contributed by atoms with Crippen LogP contribution in [-0.2, 0) is 4.79 Å². The van der Waals surface area contributed by atoms with Crippen LogP contribution in [0.5, 0.6) is 5.75 Å². The minimum absolute atomic E-state index is 0.0839.